The molecule has 0 fully saturated rings. The van der Waals surface area contributed by atoms with E-state index in [1.807, 2.05) is 0 Å². The maximum atomic E-state index is 9.70. The van der Waals surface area contributed by atoms with Crippen LogP contribution in [0.25, 0.3) is 0 Å². The molecule has 1 atom stereocenters. The maximum Gasteiger partial charge on any atom is 0.115 e. The predicted octanol–water partition coefficient (Wildman–Crippen LogP) is 6.95. The fraction of sp³-hybridized carbons (Fsp3) is 0.677. The third-order valence-electron chi connectivity index (χ3n) is 5.51. The van der Waals surface area contributed by atoms with Gasteiger partial charge in [0.15, 0.2) is 0 Å². The van der Waals surface area contributed by atoms with Crippen LogP contribution in [0.4, 0.5) is 0 Å². The van der Waals surface area contributed by atoms with E-state index in [4.69, 9.17) is 11.5 Å². The quantitative estimate of drug-likeness (QED) is 0.165. The van der Waals surface area contributed by atoms with E-state index in [1.165, 1.54) is 83.5 Å². The predicted molar refractivity (Wildman–Crippen MR) is 142 cm³/mol. The van der Waals surface area contributed by atoms with E-state index in [9.17, 15) is 5.11 Å². The summed E-state index contributed by atoms with van der Waals surface area (Å²) < 4.78 is 0. The topological polar surface area (TPSA) is 40.5 Å². The lowest BCUT2D eigenvalue weighted by Crippen LogP contribution is -2.01. The average Bonchev–Trinajstić information content (AvgIpc) is 2.82. The molecule has 2 nitrogen and oxygen atoms in total. The van der Waals surface area contributed by atoms with E-state index in [0.29, 0.717) is 6.42 Å². The largest absolute Gasteiger partial charge is 0.384 e. The molecule has 0 aromatic heterocycles. The van der Waals surface area contributed by atoms with Crippen LogP contribution >= 0.6 is 0 Å². The van der Waals surface area contributed by atoms with Gasteiger partial charge in [-0.05, 0) is 56.4 Å². The summed E-state index contributed by atoms with van der Waals surface area (Å²) in [5, 5.41) is 18.2. The van der Waals surface area contributed by atoms with Crippen molar-refractivity contribution in [2.45, 2.75) is 128 Å². The van der Waals surface area contributed by atoms with Gasteiger partial charge in [-0.1, -0.05) is 94.5 Å². The van der Waals surface area contributed by atoms with Crippen molar-refractivity contribution >= 4 is 0 Å². The fourth-order valence-corrected chi connectivity index (χ4v) is 3.57. The van der Waals surface area contributed by atoms with Gasteiger partial charge in [-0.2, -0.15) is 0 Å². The van der Waals surface area contributed by atoms with Crippen LogP contribution in [0.3, 0.4) is 0 Å². The van der Waals surface area contributed by atoms with Crippen molar-refractivity contribution in [1.82, 2.24) is 0 Å². The lowest BCUT2D eigenvalue weighted by molar-refractivity contribution is 0.217. The summed E-state index contributed by atoms with van der Waals surface area (Å²) in [7, 11) is 0. The Kier molecular flexibility index (Phi) is 26.2. The second-order valence-electron chi connectivity index (χ2n) is 8.55. The summed E-state index contributed by atoms with van der Waals surface area (Å²) in [6, 6.07) is 0. The van der Waals surface area contributed by atoms with E-state index in [0.717, 1.165) is 32.1 Å². The molecule has 0 aromatic carbocycles. The lowest BCUT2D eigenvalue weighted by atomic mass is 10.1. The smallest absolute Gasteiger partial charge is 0.115 e. The van der Waals surface area contributed by atoms with Crippen LogP contribution in [-0.4, -0.2) is 22.9 Å². The zero-order valence-corrected chi connectivity index (χ0v) is 20.8. The molecule has 0 amide bonds. The first kappa shape index (κ1) is 30.9. The standard InChI is InChI=1S/C31H46O2/c1-2-3-4-5-6-7-8-9-10-11-12-13-14-15-16-17-18-19-20-21-22-23-25-28-31(33)29-26-24-27-30-32/h1,3-4,31-33H,5-14,17-23,25,28,30H2. The van der Waals surface area contributed by atoms with Crippen LogP contribution in [0.2, 0.25) is 0 Å². The van der Waals surface area contributed by atoms with E-state index in [1.54, 1.807) is 6.08 Å². The molecule has 0 bridgehead atoms. The van der Waals surface area contributed by atoms with E-state index in [2.05, 4.69) is 47.5 Å². The molecule has 0 heterocycles. The molecule has 0 radical (unpaired) electrons. The summed E-state index contributed by atoms with van der Waals surface area (Å²) in [6.45, 7) is -0.188. The minimum absolute atomic E-state index is 0.188. The van der Waals surface area contributed by atoms with E-state index < -0.39 is 6.10 Å². The van der Waals surface area contributed by atoms with Crippen molar-refractivity contribution in [2.24, 2.45) is 0 Å². The van der Waals surface area contributed by atoms with Crippen molar-refractivity contribution in [3.63, 3.8) is 0 Å². The summed E-state index contributed by atoms with van der Waals surface area (Å²) in [6.07, 6.45) is 31.4. The Balaban J connectivity index is 3.28. The second kappa shape index (κ2) is 27.9. The molecule has 0 saturated heterocycles. The Bertz CT molecular complexity index is 678. The van der Waals surface area contributed by atoms with Gasteiger partial charge in [0.1, 0.15) is 12.7 Å². The molecule has 0 rings (SSSR count). The molecule has 0 aliphatic rings. The molecule has 33 heavy (non-hydrogen) atoms. The third-order valence-corrected chi connectivity index (χ3v) is 5.51. The number of hydrogen-bond acceptors (Lipinski definition) is 2. The Morgan fingerprint density at radius 3 is 1.70 bits per heavy atom. The summed E-state index contributed by atoms with van der Waals surface area (Å²) in [4.78, 5) is 0. The first-order valence-corrected chi connectivity index (χ1v) is 13.2. The van der Waals surface area contributed by atoms with Crippen LogP contribution in [0.15, 0.2) is 12.2 Å². The number of terminal acetylenes is 1. The Labute approximate surface area is 205 Å². The molecule has 2 N–H and O–H groups in total. The Morgan fingerprint density at radius 1 is 0.636 bits per heavy atom. The first-order chi connectivity index (χ1) is 16.3. The molecule has 0 aliphatic carbocycles. The average molecular weight is 451 g/mol. The van der Waals surface area contributed by atoms with E-state index in [-0.39, 0.29) is 6.61 Å². The highest BCUT2D eigenvalue weighted by Crippen LogP contribution is 2.12. The van der Waals surface area contributed by atoms with Gasteiger partial charge in [0.2, 0.25) is 0 Å². The van der Waals surface area contributed by atoms with Crippen molar-refractivity contribution in [2.75, 3.05) is 6.61 Å². The zero-order chi connectivity index (χ0) is 24.1. The van der Waals surface area contributed by atoms with Crippen LogP contribution in [0.5, 0.6) is 0 Å². The minimum Gasteiger partial charge on any atom is -0.384 e. The summed E-state index contributed by atoms with van der Waals surface area (Å²) in [5.41, 5.74) is 0. The SMILES string of the molecule is C#CC=CCCCCCCCCCCC#CCCCCCCCCCC(O)C#CC#CCO. The van der Waals surface area contributed by atoms with Gasteiger partial charge < -0.3 is 10.2 Å². The highest BCUT2D eigenvalue weighted by molar-refractivity contribution is 5.27. The van der Waals surface area contributed by atoms with Crippen LogP contribution in [-0.2, 0) is 0 Å². The third kappa shape index (κ3) is 27.9. The van der Waals surface area contributed by atoms with Gasteiger partial charge >= 0.3 is 0 Å². The molecule has 182 valence electrons. The number of aliphatic hydroxyl groups is 2. The van der Waals surface area contributed by atoms with Gasteiger partial charge in [0.25, 0.3) is 0 Å². The van der Waals surface area contributed by atoms with Gasteiger partial charge in [0.05, 0.1) is 0 Å². The van der Waals surface area contributed by atoms with E-state index >= 15 is 0 Å². The highest BCUT2D eigenvalue weighted by Gasteiger charge is 1.98. The van der Waals surface area contributed by atoms with Gasteiger partial charge in [0, 0.05) is 12.8 Å². The van der Waals surface area contributed by atoms with Gasteiger partial charge in [-0.25, -0.2) is 0 Å². The molecule has 0 aromatic rings. The monoisotopic (exact) mass is 450 g/mol. The first-order valence-electron chi connectivity index (χ1n) is 13.2. The number of aliphatic hydroxyl groups excluding tert-OH is 2. The number of allylic oxidation sites excluding steroid dienone is 2. The van der Waals surface area contributed by atoms with Crippen molar-refractivity contribution in [1.29, 1.82) is 0 Å². The van der Waals surface area contributed by atoms with Crippen molar-refractivity contribution < 1.29 is 10.2 Å². The van der Waals surface area contributed by atoms with Crippen molar-refractivity contribution in [3.05, 3.63) is 12.2 Å². The number of unbranched alkanes of at least 4 members (excludes halogenated alkanes) is 16. The molecule has 0 aliphatic heterocycles. The molecule has 0 saturated carbocycles. The second-order valence-corrected chi connectivity index (χ2v) is 8.55. The molecule has 1 unspecified atom stereocenters. The zero-order valence-electron chi connectivity index (χ0n) is 20.8. The van der Waals surface area contributed by atoms with Gasteiger partial charge in [-0.3, -0.25) is 0 Å². The Morgan fingerprint density at radius 2 is 1.15 bits per heavy atom. The van der Waals surface area contributed by atoms with Crippen LogP contribution in [0.1, 0.15) is 122 Å². The molecule has 0 spiro atoms. The number of rotatable bonds is 19. The van der Waals surface area contributed by atoms with Gasteiger partial charge in [-0.15, -0.1) is 18.3 Å². The van der Waals surface area contributed by atoms with Crippen LogP contribution in [0, 0.1) is 47.9 Å². The Hall–Kier alpha value is -2.10. The molecular formula is C31H46O2. The fourth-order valence-electron chi connectivity index (χ4n) is 3.57. The number of hydrogen-bond donors (Lipinski definition) is 2. The molecular weight excluding hydrogens is 404 g/mol. The van der Waals surface area contributed by atoms with Crippen LogP contribution < -0.4 is 0 Å². The maximum absolute atomic E-state index is 9.70. The summed E-state index contributed by atoms with van der Waals surface area (Å²) in [5.74, 6) is 19.4. The lowest BCUT2D eigenvalue weighted by Gasteiger charge is -2.03. The normalized spacial score (nSPS) is 10.9. The minimum atomic E-state index is -0.598. The molecule has 2 heteroatoms. The highest BCUT2D eigenvalue weighted by atomic mass is 16.3. The summed E-state index contributed by atoms with van der Waals surface area (Å²) >= 11 is 0. The van der Waals surface area contributed by atoms with Crippen molar-refractivity contribution in [3.8, 4) is 47.9 Å².